The van der Waals surface area contributed by atoms with Crippen molar-refractivity contribution >= 4 is 25.1 Å². The summed E-state index contributed by atoms with van der Waals surface area (Å²) in [6.07, 6.45) is 0. The first-order chi connectivity index (χ1) is 6.60. The minimum Gasteiger partial charge on any atom is -0.480 e. The fourth-order valence-corrected chi connectivity index (χ4v) is 2.60. The fraction of sp³-hybridized carbons (Fsp3) is 0.857. The zero-order chi connectivity index (χ0) is 11.0. The molecule has 7 heteroatoms. The van der Waals surface area contributed by atoms with E-state index in [0.29, 0.717) is 0 Å². The maximum absolute atomic E-state index is 10.4. The second kappa shape index (κ2) is 7.31. The Hall–Kier alpha value is -0.0000000000000000278. The highest BCUT2D eigenvalue weighted by atomic mass is 32.4. The monoisotopic (exact) mass is 239 g/mol. The Morgan fingerprint density at radius 2 is 1.86 bits per heavy atom. The van der Waals surface area contributed by atoms with Crippen LogP contribution in [0.2, 0.25) is 0 Å². The van der Waals surface area contributed by atoms with Gasteiger partial charge in [-0.3, -0.25) is 20.7 Å². The number of carboxylic acid groups (broad SMARTS) is 1. The molecule has 0 aromatic carbocycles. The van der Waals surface area contributed by atoms with E-state index >= 15 is 0 Å². The summed E-state index contributed by atoms with van der Waals surface area (Å²) in [6.45, 7) is 5.30. The highest BCUT2D eigenvalue weighted by Crippen LogP contribution is 2.12. The van der Waals surface area contributed by atoms with Gasteiger partial charge >= 0.3 is 5.97 Å². The molecule has 0 rings (SSSR count). The molecule has 1 unspecified atom stereocenters. The molecule has 1 atom stereocenters. The summed E-state index contributed by atoms with van der Waals surface area (Å²) in [6, 6.07) is 0. The number of nitrogens with one attached hydrogen (secondary N) is 3. The Kier molecular flexibility index (Phi) is 7.31. The SMILES string of the molecule is CCNC(NCC)(NCC(=O)O)[PH2]=S. The van der Waals surface area contributed by atoms with Gasteiger partial charge in [0.25, 0.3) is 0 Å². The van der Waals surface area contributed by atoms with Crippen LogP contribution in [0, 0.1) is 0 Å². The maximum atomic E-state index is 10.4. The zero-order valence-electron chi connectivity index (χ0n) is 8.46. The summed E-state index contributed by atoms with van der Waals surface area (Å²) < 4.78 is 0. The summed E-state index contributed by atoms with van der Waals surface area (Å²) >= 11 is 5.07. The molecule has 0 aromatic rings. The molecule has 0 bridgehead atoms. The van der Waals surface area contributed by atoms with Crippen molar-refractivity contribution in [3.8, 4) is 0 Å². The molecule has 0 aliphatic carbocycles. The van der Waals surface area contributed by atoms with E-state index < -0.39 is 11.5 Å². The number of carbonyl (C=O) groups is 1. The van der Waals surface area contributed by atoms with Crippen molar-refractivity contribution in [1.82, 2.24) is 16.0 Å². The van der Waals surface area contributed by atoms with Crippen LogP contribution in [0.4, 0.5) is 0 Å². The number of hydrogen-bond acceptors (Lipinski definition) is 5. The third-order valence-electron chi connectivity index (χ3n) is 1.61. The van der Waals surface area contributed by atoms with Gasteiger partial charge < -0.3 is 5.11 Å². The van der Waals surface area contributed by atoms with Crippen molar-refractivity contribution in [1.29, 1.82) is 0 Å². The molecule has 0 amide bonds. The minimum absolute atomic E-state index is 0.0936. The molecule has 4 N–H and O–H groups in total. The first-order valence-electron chi connectivity index (χ1n) is 4.53. The molecule has 0 aliphatic heterocycles. The lowest BCUT2D eigenvalue weighted by Gasteiger charge is -2.32. The van der Waals surface area contributed by atoms with Crippen molar-refractivity contribution in [3.63, 3.8) is 0 Å². The second-order valence-electron chi connectivity index (χ2n) is 2.73. The first kappa shape index (κ1) is 14.0. The van der Waals surface area contributed by atoms with Gasteiger partial charge in [-0.1, -0.05) is 25.7 Å². The van der Waals surface area contributed by atoms with Crippen molar-refractivity contribution in [3.05, 3.63) is 0 Å². The van der Waals surface area contributed by atoms with Crippen molar-refractivity contribution in [2.45, 2.75) is 19.4 Å². The van der Waals surface area contributed by atoms with Crippen LogP contribution in [0.1, 0.15) is 13.8 Å². The number of rotatable bonds is 8. The van der Waals surface area contributed by atoms with Crippen LogP contribution in [-0.2, 0) is 16.6 Å². The third kappa shape index (κ3) is 5.02. The van der Waals surface area contributed by atoms with Gasteiger partial charge in [0.15, 0.2) is 0 Å². The molecule has 0 aromatic heterocycles. The summed E-state index contributed by atoms with van der Waals surface area (Å²) in [7, 11) is -0.369. The van der Waals surface area contributed by atoms with E-state index in [-0.39, 0.29) is 13.9 Å². The average molecular weight is 239 g/mol. The Morgan fingerprint density at radius 1 is 1.36 bits per heavy atom. The van der Waals surface area contributed by atoms with Crippen LogP contribution in [0.15, 0.2) is 0 Å². The van der Waals surface area contributed by atoms with Crippen LogP contribution in [-0.4, -0.2) is 36.2 Å². The molecular weight excluding hydrogens is 221 g/mol. The highest BCUT2D eigenvalue weighted by Gasteiger charge is 2.23. The second-order valence-corrected chi connectivity index (χ2v) is 4.54. The highest BCUT2D eigenvalue weighted by molar-refractivity contribution is 7.97. The zero-order valence-corrected chi connectivity index (χ0v) is 10.4. The van der Waals surface area contributed by atoms with Crippen LogP contribution >= 0.6 is 7.36 Å². The summed E-state index contributed by atoms with van der Waals surface area (Å²) in [5, 5.41) is 17.8. The molecule has 0 heterocycles. The minimum atomic E-state index is -0.881. The molecule has 0 aliphatic rings. The summed E-state index contributed by atoms with van der Waals surface area (Å²) in [5.74, 6) is -0.881. The van der Waals surface area contributed by atoms with E-state index in [1.807, 2.05) is 13.8 Å². The topological polar surface area (TPSA) is 73.4 Å². The Morgan fingerprint density at radius 3 is 2.14 bits per heavy atom. The van der Waals surface area contributed by atoms with E-state index in [2.05, 4.69) is 16.0 Å². The lowest BCUT2D eigenvalue weighted by atomic mass is 10.5. The molecular formula is C7H18N3O2PS. The molecule has 84 valence electrons. The van der Waals surface area contributed by atoms with Gasteiger partial charge in [-0.05, 0) is 20.4 Å². The van der Waals surface area contributed by atoms with Crippen LogP contribution in [0.3, 0.4) is 0 Å². The predicted octanol–water partition coefficient (Wildman–Crippen LogP) is -0.636. The van der Waals surface area contributed by atoms with E-state index in [4.69, 9.17) is 16.9 Å². The smallest absolute Gasteiger partial charge is 0.317 e. The van der Waals surface area contributed by atoms with E-state index in [1.54, 1.807) is 0 Å². The van der Waals surface area contributed by atoms with Crippen LogP contribution < -0.4 is 16.0 Å². The maximum Gasteiger partial charge on any atom is 0.317 e. The molecule has 0 spiro atoms. The lowest BCUT2D eigenvalue weighted by molar-refractivity contribution is -0.136. The van der Waals surface area contributed by atoms with Gasteiger partial charge in [0.1, 0.15) is 5.53 Å². The predicted molar refractivity (Wildman–Crippen MR) is 62.8 cm³/mol. The Balaban J connectivity index is 4.31. The molecule has 0 saturated heterocycles. The van der Waals surface area contributed by atoms with E-state index in [9.17, 15) is 4.79 Å². The van der Waals surface area contributed by atoms with Gasteiger partial charge in [-0.2, -0.15) is 0 Å². The fourth-order valence-electron chi connectivity index (χ4n) is 1.09. The van der Waals surface area contributed by atoms with Gasteiger partial charge in [0.05, 0.1) is 6.54 Å². The molecule has 14 heavy (non-hydrogen) atoms. The van der Waals surface area contributed by atoms with Crippen molar-refractivity contribution < 1.29 is 9.90 Å². The average Bonchev–Trinajstić information content (AvgIpc) is 2.15. The third-order valence-corrected chi connectivity index (χ3v) is 3.63. The number of aliphatic carboxylic acids is 1. The van der Waals surface area contributed by atoms with Crippen LogP contribution in [0.25, 0.3) is 0 Å². The molecule has 5 nitrogen and oxygen atoms in total. The Bertz CT molecular complexity index is 197. The summed E-state index contributed by atoms with van der Waals surface area (Å²) in [5.41, 5.74) is -0.558. The molecule has 0 fully saturated rings. The first-order valence-corrected chi connectivity index (χ1v) is 6.99. The van der Waals surface area contributed by atoms with E-state index in [1.165, 1.54) is 0 Å². The number of hydrogen-bond donors (Lipinski definition) is 4. The number of carboxylic acids is 1. The molecule has 0 saturated carbocycles. The van der Waals surface area contributed by atoms with Crippen molar-refractivity contribution in [2.75, 3.05) is 19.6 Å². The van der Waals surface area contributed by atoms with Gasteiger partial charge in [-0.15, -0.1) is 0 Å². The van der Waals surface area contributed by atoms with Crippen molar-refractivity contribution in [2.24, 2.45) is 0 Å². The van der Waals surface area contributed by atoms with Gasteiger partial charge in [0, 0.05) is 0 Å². The summed E-state index contributed by atoms with van der Waals surface area (Å²) in [4.78, 5) is 10.4. The van der Waals surface area contributed by atoms with Crippen LogP contribution in [0.5, 0.6) is 0 Å². The molecule has 0 radical (unpaired) electrons. The van der Waals surface area contributed by atoms with Gasteiger partial charge in [-0.25, -0.2) is 0 Å². The normalized spacial score (nSPS) is 12.4. The Labute approximate surface area is 90.5 Å². The largest absolute Gasteiger partial charge is 0.480 e. The quantitative estimate of drug-likeness (QED) is 0.334. The lowest BCUT2D eigenvalue weighted by Crippen LogP contribution is -2.63. The van der Waals surface area contributed by atoms with E-state index in [0.717, 1.165) is 13.1 Å². The standard InChI is InChI=1S/C7H18N3O2PS/c1-3-8-7(13-14,9-4-2)10-5-6(11)12/h8-10H,3-5,13H2,1-2H3,(H,11,12). The van der Waals surface area contributed by atoms with Gasteiger partial charge in [0.2, 0.25) is 0 Å².